The molecule has 1 heterocycles. The summed E-state index contributed by atoms with van der Waals surface area (Å²) in [5.41, 5.74) is 6.06. The molecule has 1 saturated heterocycles. The Bertz CT molecular complexity index is 1470. The third-order valence-corrected chi connectivity index (χ3v) is 9.42. The quantitative estimate of drug-likeness (QED) is 0.148. The first kappa shape index (κ1) is 41.7. The summed E-state index contributed by atoms with van der Waals surface area (Å²) in [5.74, 6) is -3.32. The van der Waals surface area contributed by atoms with E-state index in [-0.39, 0.29) is 44.8 Å². The Hall–Kier alpha value is -4.51. The Balaban J connectivity index is 2.27. The lowest BCUT2D eigenvalue weighted by Gasteiger charge is -2.30. The predicted molar refractivity (Wildman–Crippen MR) is 183 cm³/mol. The summed E-state index contributed by atoms with van der Waals surface area (Å²) >= 11 is 0. The molecule has 0 spiro atoms. The first-order valence-electron chi connectivity index (χ1n) is 16.4. The van der Waals surface area contributed by atoms with E-state index >= 15 is 0 Å². The molecule has 1 fully saturated rings. The van der Waals surface area contributed by atoms with Gasteiger partial charge in [-0.1, -0.05) is 50.3 Å². The van der Waals surface area contributed by atoms with Gasteiger partial charge in [0.15, 0.2) is 0 Å². The topological polar surface area (TPSA) is 224 Å². The Morgan fingerprint density at radius 1 is 1.00 bits per heavy atom. The summed E-state index contributed by atoms with van der Waals surface area (Å²) in [7, 11) is 0.261. The third kappa shape index (κ3) is 13.8. The Morgan fingerprint density at radius 3 is 2.28 bits per heavy atom. The molecular formula is C33H50N6O10S. The lowest BCUT2D eigenvalue weighted by atomic mass is 10.0. The zero-order valence-corrected chi connectivity index (χ0v) is 30.1. The maximum absolute atomic E-state index is 13.9. The Labute approximate surface area is 293 Å². The summed E-state index contributed by atoms with van der Waals surface area (Å²) in [6.45, 7) is 3.85. The van der Waals surface area contributed by atoms with Crippen molar-refractivity contribution in [1.29, 1.82) is 0 Å². The second-order valence-electron chi connectivity index (χ2n) is 12.5. The van der Waals surface area contributed by atoms with Gasteiger partial charge in [-0.05, 0) is 50.0 Å². The number of rotatable bonds is 19. The molecule has 16 nitrogen and oxygen atoms in total. The van der Waals surface area contributed by atoms with Crippen LogP contribution in [0.15, 0.2) is 41.8 Å². The summed E-state index contributed by atoms with van der Waals surface area (Å²) in [4.78, 5) is 79.0. The van der Waals surface area contributed by atoms with Crippen molar-refractivity contribution in [3.63, 3.8) is 0 Å². The normalized spacial score (nSPS) is 16.5. The number of amides is 5. The minimum absolute atomic E-state index is 0.0378. The molecule has 0 unspecified atom stereocenters. The van der Waals surface area contributed by atoms with Gasteiger partial charge in [-0.15, -0.1) is 0 Å². The molecule has 1 aliphatic rings. The summed E-state index contributed by atoms with van der Waals surface area (Å²) < 4.78 is 35.4. The van der Waals surface area contributed by atoms with E-state index in [1.807, 2.05) is 13.8 Å². The molecule has 0 radical (unpaired) electrons. The van der Waals surface area contributed by atoms with Crippen LogP contribution in [0.25, 0.3) is 0 Å². The SMILES string of the molecule is COC(=O)[C@H](CC(C)C)NC(=O)[C@@H]1CCCN1C(=O)[C@H](CCC(N)=O)NC(=O)[C@H](CCC=CS(=O)(=O)N(C)C)NC(=O)OCc1ccccc1. The number of sulfonamides is 1. The van der Waals surface area contributed by atoms with Crippen LogP contribution in [0, 0.1) is 5.92 Å². The summed E-state index contributed by atoms with van der Waals surface area (Å²) in [6.07, 6.45) is 0.953. The van der Waals surface area contributed by atoms with E-state index in [1.165, 1.54) is 32.2 Å². The van der Waals surface area contributed by atoms with Crippen molar-refractivity contribution in [2.75, 3.05) is 27.7 Å². The third-order valence-electron chi connectivity index (χ3n) is 7.86. The molecule has 0 aromatic heterocycles. The van der Waals surface area contributed by atoms with Crippen LogP contribution in [0.5, 0.6) is 0 Å². The lowest BCUT2D eigenvalue weighted by Crippen LogP contribution is -2.57. The minimum atomic E-state index is -3.68. The van der Waals surface area contributed by atoms with Crippen molar-refractivity contribution >= 4 is 45.7 Å². The number of benzene rings is 1. The van der Waals surface area contributed by atoms with Gasteiger partial charge >= 0.3 is 12.1 Å². The highest BCUT2D eigenvalue weighted by Gasteiger charge is 2.39. The molecular weight excluding hydrogens is 672 g/mol. The zero-order chi connectivity index (χ0) is 37.4. The average molecular weight is 723 g/mol. The predicted octanol–water partition coefficient (Wildman–Crippen LogP) is 0.912. The van der Waals surface area contributed by atoms with Gasteiger partial charge in [-0.3, -0.25) is 19.2 Å². The number of nitrogens with zero attached hydrogens (tertiary/aromatic N) is 2. The largest absolute Gasteiger partial charge is 0.467 e. The highest BCUT2D eigenvalue weighted by atomic mass is 32.2. The molecule has 4 atom stereocenters. The number of hydrogen-bond acceptors (Lipinski definition) is 10. The van der Waals surface area contributed by atoms with E-state index in [1.54, 1.807) is 30.3 Å². The molecule has 17 heteroatoms. The highest BCUT2D eigenvalue weighted by Crippen LogP contribution is 2.21. The van der Waals surface area contributed by atoms with E-state index in [0.717, 1.165) is 9.71 Å². The number of nitrogens with two attached hydrogens (primary N) is 1. The fourth-order valence-electron chi connectivity index (χ4n) is 5.17. The van der Waals surface area contributed by atoms with Gasteiger partial charge in [0.1, 0.15) is 30.8 Å². The van der Waals surface area contributed by atoms with Crippen LogP contribution in [0.4, 0.5) is 4.79 Å². The van der Waals surface area contributed by atoms with Crippen molar-refractivity contribution in [3.05, 3.63) is 47.4 Å². The Kier molecular flexibility index (Phi) is 16.9. The van der Waals surface area contributed by atoms with E-state index in [9.17, 15) is 37.2 Å². The van der Waals surface area contributed by atoms with Gasteiger partial charge in [0.25, 0.3) is 0 Å². The maximum atomic E-state index is 13.9. The monoisotopic (exact) mass is 722 g/mol. The molecule has 50 heavy (non-hydrogen) atoms. The summed E-state index contributed by atoms with van der Waals surface area (Å²) in [6, 6.07) is 4.33. The number of hydrogen-bond donors (Lipinski definition) is 4. The maximum Gasteiger partial charge on any atom is 0.408 e. The average Bonchev–Trinajstić information content (AvgIpc) is 3.56. The Morgan fingerprint density at radius 2 is 1.68 bits per heavy atom. The molecule has 1 aromatic carbocycles. The molecule has 1 aliphatic heterocycles. The molecule has 1 aromatic rings. The lowest BCUT2D eigenvalue weighted by molar-refractivity contribution is -0.147. The number of ether oxygens (including phenoxy) is 2. The van der Waals surface area contributed by atoms with Gasteiger partial charge < -0.3 is 36.1 Å². The van der Waals surface area contributed by atoms with Crippen molar-refractivity contribution in [1.82, 2.24) is 25.2 Å². The molecule has 0 saturated carbocycles. The number of carbonyl (C=O) groups is 6. The number of methoxy groups -OCH3 is 1. The number of esters is 1. The standard InChI is InChI=1S/C33H50N6O10S/c1-22(2)20-26(32(44)48-5)36-30(42)27-15-11-18-39(27)31(43)25(16-17-28(34)40)35-29(41)24(14-9-10-19-50(46,47)38(3)4)37-33(45)49-21-23-12-7-6-8-13-23/h6-8,10,12-13,19,22,24-27H,9,11,14-18,20-21H2,1-5H3,(H2,34,40)(H,35,41)(H,36,42)(H,37,45)/t24-,25-,26-,27-/m0/s1. The second kappa shape index (κ2) is 20.2. The van der Waals surface area contributed by atoms with Gasteiger partial charge in [-0.2, -0.15) is 0 Å². The van der Waals surface area contributed by atoms with E-state index in [2.05, 4.69) is 16.0 Å². The van der Waals surface area contributed by atoms with Crippen LogP contribution in [0.1, 0.15) is 64.4 Å². The molecule has 0 aliphatic carbocycles. The van der Waals surface area contributed by atoms with Crippen LogP contribution >= 0.6 is 0 Å². The fraction of sp³-hybridized carbons (Fsp3) is 0.576. The molecule has 5 N–H and O–H groups in total. The second-order valence-corrected chi connectivity index (χ2v) is 14.5. The number of primary amides is 1. The van der Waals surface area contributed by atoms with Gasteiger partial charge in [0, 0.05) is 32.5 Å². The first-order valence-corrected chi connectivity index (χ1v) is 17.9. The number of alkyl carbamates (subject to hydrolysis) is 1. The first-order chi connectivity index (χ1) is 23.5. The number of nitrogens with one attached hydrogen (secondary N) is 3. The molecule has 2 rings (SSSR count). The molecule has 278 valence electrons. The van der Waals surface area contributed by atoms with Crippen molar-refractivity contribution in [3.8, 4) is 0 Å². The van der Waals surface area contributed by atoms with Crippen LogP contribution in [0.3, 0.4) is 0 Å². The van der Waals surface area contributed by atoms with Crippen molar-refractivity contribution < 1.29 is 46.7 Å². The number of carbonyl (C=O) groups excluding carboxylic acids is 6. The van der Waals surface area contributed by atoms with Crippen LogP contribution in [-0.4, -0.2) is 105 Å². The van der Waals surface area contributed by atoms with Crippen molar-refractivity contribution in [2.45, 2.75) is 89.6 Å². The van der Waals surface area contributed by atoms with E-state index in [0.29, 0.717) is 24.8 Å². The number of allylic oxidation sites excluding steroid dienone is 1. The van der Waals surface area contributed by atoms with E-state index < -0.39 is 69.9 Å². The molecule has 5 amide bonds. The molecule has 0 bridgehead atoms. The van der Waals surface area contributed by atoms with Crippen LogP contribution < -0.4 is 21.7 Å². The smallest absolute Gasteiger partial charge is 0.408 e. The van der Waals surface area contributed by atoms with Gasteiger partial charge in [0.2, 0.25) is 33.7 Å². The van der Waals surface area contributed by atoms with E-state index in [4.69, 9.17) is 15.2 Å². The van der Waals surface area contributed by atoms with Gasteiger partial charge in [0.05, 0.1) is 7.11 Å². The fourth-order valence-corrected chi connectivity index (χ4v) is 5.79. The number of likely N-dealkylation sites (tertiary alicyclic amines) is 1. The minimum Gasteiger partial charge on any atom is -0.467 e. The van der Waals surface area contributed by atoms with Gasteiger partial charge in [-0.25, -0.2) is 22.3 Å². The van der Waals surface area contributed by atoms with Crippen LogP contribution in [0.2, 0.25) is 0 Å². The summed E-state index contributed by atoms with van der Waals surface area (Å²) in [5, 5.41) is 8.72. The zero-order valence-electron chi connectivity index (χ0n) is 29.3. The van der Waals surface area contributed by atoms with Crippen molar-refractivity contribution in [2.24, 2.45) is 11.7 Å². The van der Waals surface area contributed by atoms with Crippen LogP contribution in [-0.2, 0) is 50.1 Å². The highest BCUT2D eigenvalue weighted by molar-refractivity contribution is 7.92.